The molecule has 1 aliphatic rings. The lowest BCUT2D eigenvalue weighted by atomic mass is 9.93. The second-order valence-electron chi connectivity index (χ2n) is 5.63. The van der Waals surface area contributed by atoms with Gasteiger partial charge in [0, 0.05) is 5.92 Å². The summed E-state index contributed by atoms with van der Waals surface area (Å²) in [5.74, 6) is 0.476. The van der Waals surface area contributed by atoms with Crippen LogP contribution in [0.25, 0.3) is 6.08 Å². The number of benzene rings is 2. The van der Waals surface area contributed by atoms with Gasteiger partial charge in [-0.15, -0.1) is 0 Å². The van der Waals surface area contributed by atoms with Crippen molar-refractivity contribution in [1.29, 1.82) is 0 Å². The van der Waals surface area contributed by atoms with Gasteiger partial charge in [-0.05, 0) is 36.1 Å². The van der Waals surface area contributed by atoms with Gasteiger partial charge in [0.05, 0.1) is 0 Å². The Morgan fingerprint density at radius 2 is 1.57 bits per heavy atom. The van der Waals surface area contributed by atoms with Gasteiger partial charge in [0.25, 0.3) is 0 Å². The van der Waals surface area contributed by atoms with Crippen LogP contribution in [0.15, 0.2) is 90.0 Å². The van der Waals surface area contributed by atoms with Crippen LogP contribution in [0.4, 0.5) is 0 Å². The second kappa shape index (κ2) is 6.41. The van der Waals surface area contributed by atoms with E-state index in [1.807, 2.05) is 0 Å². The molecule has 1 aliphatic carbocycles. The lowest BCUT2D eigenvalue weighted by Crippen LogP contribution is -1.94. The van der Waals surface area contributed by atoms with E-state index in [1.54, 1.807) is 0 Å². The van der Waals surface area contributed by atoms with Crippen molar-refractivity contribution >= 4 is 6.08 Å². The topological polar surface area (TPSA) is 0 Å². The highest BCUT2D eigenvalue weighted by Gasteiger charge is 2.11. The molecule has 1 unspecified atom stereocenters. The fourth-order valence-corrected chi connectivity index (χ4v) is 2.79. The first-order chi connectivity index (χ1) is 10.3. The van der Waals surface area contributed by atoms with E-state index in [2.05, 4.69) is 91.9 Å². The number of hydrogen-bond donors (Lipinski definition) is 0. The van der Waals surface area contributed by atoms with Crippen molar-refractivity contribution in [2.75, 3.05) is 0 Å². The van der Waals surface area contributed by atoms with Crippen LogP contribution < -0.4 is 0 Å². The molecule has 0 nitrogen and oxygen atoms in total. The van der Waals surface area contributed by atoms with Crippen molar-refractivity contribution in [2.45, 2.75) is 19.3 Å². The molecule has 21 heavy (non-hydrogen) atoms. The third kappa shape index (κ3) is 3.61. The molecule has 0 spiro atoms. The van der Waals surface area contributed by atoms with Crippen LogP contribution in [-0.4, -0.2) is 0 Å². The van der Waals surface area contributed by atoms with Gasteiger partial charge in [-0.2, -0.15) is 0 Å². The van der Waals surface area contributed by atoms with E-state index in [9.17, 15) is 0 Å². The monoisotopic (exact) mass is 272 g/mol. The van der Waals surface area contributed by atoms with E-state index in [1.165, 1.54) is 22.3 Å². The van der Waals surface area contributed by atoms with Crippen molar-refractivity contribution in [3.05, 3.63) is 101 Å². The van der Waals surface area contributed by atoms with Crippen molar-refractivity contribution in [2.24, 2.45) is 0 Å². The van der Waals surface area contributed by atoms with Gasteiger partial charge in [0.1, 0.15) is 0 Å². The van der Waals surface area contributed by atoms with Gasteiger partial charge in [-0.3, -0.25) is 0 Å². The molecule has 0 saturated carbocycles. The normalized spacial score (nSPS) is 20.1. The van der Waals surface area contributed by atoms with Crippen molar-refractivity contribution in [3.63, 3.8) is 0 Å². The maximum Gasteiger partial charge on any atom is 0.00584 e. The van der Waals surface area contributed by atoms with Crippen LogP contribution in [-0.2, 0) is 0 Å². The quantitative estimate of drug-likeness (QED) is 0.652. The molecule has 0 amide bonds. The van der Waals surface area contributed by atoms with E-state index in [4.69, 9.17) is 0 Å². The van der Waals surface area contributed by atoms with E-state index < -0.39 is 0 Å². The minimum Gasteiger partial charge on any atom is -0.0761 e. The smallest absolute Gasteiger partial charge is 0.00584 e. The van der Waals surface area contributed by atoms with Crippen LogP contribution in [0, 0.1) is 0 Å². The Morgan fingerprint density at radius 3 is 2.29 bits per heavy atom. The molecule has 0 bridgehead atoms. The molecular formula is C21H20. The summed E-state index contributed by atoms with van der Waals surface area (Å²) in [6.45, 7) is 2.22. The Kier molecular flexibility index (Phi) is 4.16. The first-order valence-corrected chi connectivity index (χ1v) is 7.48. The molecule has 0 aliphatic heterocycles. The highest BCUT2D eigenvalue weighted by molar-refractivity contribution is 5.60. The van der Waals surface area contributed by atoms with E-state index in [0.29, 0.717) is 5.92 Å². The van der Waals surface area contributed by atoms with Crippen LogP contribution in [0.1, 0.15) is 30.4 Å². The van der Waals surface area contributed by atoms with E-state index in [-0.39, 0.29) is 0 Å². The molecule has 0 fully saturated rings. The Labute approximate surface area is 127 Å². The average molecular weight is 272 g/mol. The highest BCUT2D eigenvalue weighted by Crippen LogP contribution is 2.29. The third-order valence-electron chi connectivity index (χ3n) is 3.84. The zero-order chi connectivity index (χ0) is 14.5. The molecule has 1 atom stereocenters. The zero-order valence-corrected chi connectivity index (χ0v) is 12.4. The summed E-state index contributed by atoms with van der Waals surface area (Å²) < 4.78 is 0. The first-order valence-electron chi connectivity index (χ1n) is 7.48. The van der Waals surface area contributed by atoms with Gasteiger partial charge in [0.15, 0.2) is 0 Å². The Hall–Kier alpha value is -2.34. The fourth-order valence-electron chi connectivity index (χ4n) is 2.79. The molecule has 0 heteroatoms. The predicted octanol–water partition coefficient (Wildman–Crippen LogP) is 5.76. The van der Waals surface area contributed by atoms with Gasteiger partial charge in [0.2, 0.25) is 0 Å². The average Bonchev–Trinajstić information content (AvgIpc) is 2.71. The lowest BCUT2D eigenvalue weighted by molar-refractivity contribution is 0.829. The molecular weight excluding hydrogens is 252 g/mol. The van der Waals surface area contributed by atoms with Gasteiger partial charge < -0.3 is 0 Å². The van der Waals surface area contributed by atoms with Crippen LogP contribution in [0.5, 0.6) is 0 Å². The van der Waals surface area contributed by atoms with Crippen LogP contribution in [0.3, 0.4) is 0 Å². The van der Waals surface area contributed by atoms with Crippen molar-refractivity contribution in [3.8, 4) is 0 Å². The second-order valence-corrected chi connectivity index (χ2v) is 5.63. The van der Waals surface area contributed by atoms with E-state index in [0.717, 1.165) is 6.42 Å². The Morgan fingerprint density at radius 1 is 0.905 bits per heavy atom. The number of hydrogen-bond acceptors (Lipinski definition) is 0. The zero-order valence-electron chi connectivity index (χ0n) is 12.4. The molecule has 0 radical (unpaired) electrons. The summed E-state index contributed by atoms with van der Waals surface area (Å²) in [4.78, 5) is 0. The minimum absolute atomic E-state index is 0.476. The molecule has 2 aromatic carbocycles. The summed E-state index contributed by atoms with van der Waals surface area (Å²) in [5, 5.41) is 0. The Bertz CT molecular complexity index is 672. The largest absolute Gasteiger partial charge is 0.0761 e. The first kappa shape index (κ1) is 13.6. The predicted molar refractivity (Wildman–Crippen MR) is 91.1 cm³/mol. The van der Waals surface area contributed by atoms with Crippen molar-refractivity contribution in [1.82, 2.24) is 0 Å². The maximum absolute atomic E-state index is 2.33. The molecule has 104 valence electrons. The summed E-state index contributed by atoms with van der Waals surface area (Å²) in [7, 11) is 0. The lowest BCUT2D eigenvalue weighted by Gasteiger charge is -2.11. The molecule has 0 heterocycles. The van der Waals surface area contributed by atoms with Gasteiger partial charge >= 0.3 is 0 Å². The molecule has 0 aromatic heterocycles. The molecule has 0 N–H and O–H groups in total. The molecule has 0 saturated heterocycles. The standard InChI is InChI=1S/C21H20/c1-17-14-19(16-18-8-4-2-5-9-18)12-13-21(15-17)20-10-6-3-7-11-20/h2-14,16,21H,15H2,1H3/b19-16-. The fraction of sp³-hybridized carbons (Fsp3) is 0.143. The van der Waals surface area contributed by atoms with Crippen LogP contribution in [0.2, 0.25) is 0 Å². The molecule has 3 rings (SSSR count). The minimum atomic E-state index is 0.476. The summed E-state index contributed by atoms with van der Waals surface area (Å²) >= 11 is 0. The van der Waals surface area contributed by atoms with Crippen LogP contribution >= 0.6 is 0 Å². The number of allylic oxidation sites excluding steroid dienone is 5. The molecule has 2 aromatic rings. The maximum atomic E-state index is 2.33. The summed E-state index contributed by atoms with van der Waals surface area (Å²) in [6.07, 6.45) is 10.2. The highest BCUT2D eigenvalue weighted by atomic mass is 14.2. The van der Waals surface area contributed by atoms with Crippen molar-refractivity contribution < 1.29 is 0 Å². The van der Waals surface area contributed by atoms with Gasteiger partial charge in [-0.25, -0.2) is 0 Å². The Balaban J connectivity index is 1.89. The summed E-state index contributed by atoms with van der Waals surface area (Å²) in [5.41, 5.74) is 5.34. The number of rotatable bonds is 2. The van der Waals surface area contributed by atoms with E-state index >= 15 is 0 Å². The third-order valence-corrected chi connectivity index (χ3v) is 3.84. The summed E-state index contributed by atoms with van der Waals surface area (Å²) in [6, 6.07) is 21.2. The van der Waals surface area contributed by atoms with Gasteiger partial charge in [-0.1, -0.05) is 84.5 Å². The SMILES string of the molecule is CC1=C/C(=C\c2ccccc2)C=CC(c2ccccc2)C1.